The summed E-state index contributed by atoms with van der Waals surface area (Å²) in [6.07, 6.45) is 3.53. The van der Waals surface area contributed by atoms with Gasteiger partial charge in [-0.05, 0) is 38.3 Å². The number of hydrogen-bond donors (Lipinski definition) is 1. The minimum atomic E-state index is -0.114. The number of piperidine rings is 1. The van der Waals surface area contributed by atoms with Gasteiger partial charge in [-0.25, -0.2) is 0 Å². The molecule has 0 bridgehead atoms. The summed E-state index contributed by atoms with van der Waals surface area (Å²) < 4.78 is 16.2. The topological polar surface area (TPSA) is 60.0 Å². The van der Waals surface area contributed by atoms with Crippen LogP contribution < -0.4 is 5.32 Å². The van der Waals surface area contributed by atoms with Crippen LogP contribution in [0.4, 0.5) is 0 Å². The molecule has 6 heteroatoms. The van der Waals surface area contributed by atoms with Crippen molar-refractivity contribution >= 4 is 5.91 Å². The van der Waals surface area contributed by atoms with Gasteiger partial charge in [0.1, 0.15) is 6.61 Å². The van der Waals surface area contributed by atoms with E-state index in [9.17, 15) is 4.79 Å². The van der Waals surface area contributed by atoms with Crippen LogP contribution in [0.15, 0.2) is 0 Å². The van der Waals surface area contributed by atoms with E-state index in [4.69, 9.17) is 14.2 Å². The molecule has 1 heterocycles. The summed E-state index contributed by atoms with van der Waals surface area (Å²) in [7, 11) is 1.59. The van der Waals surface area contributed by atoms with E-state index in [-0.39, 0.29) is 12.5 Å². The fraction of sp³-hybridized carbons (Fsp3) is 0.938. The van der Waals surface area contributed by atoms with Gasteiger partial charge in [0.25, 0.3) is 0 Å². The average Bonchev–Trinajstić information content (AvgIpc) is 2.54. The highest BCUT2D eigenvalue weighted by atomic mass is 16.5. The molecule has 1 saturated heterocycles. The monoisotopic (exact) mass is 316 g/mol. The number of rotatable bonds is 12. The Morgan fingerprint density at radius 2 is 1.68 bits per heavy atom. The van der Waals surface area contributed by atoms with Gasteiger partial charge in [0.15, 0.2) is 0 Å². The third-order valence-electron chi connectivity index (χ3n) is 3.89. The second-order valence-corrected chi connectivity index (χ2v) is 5.83. The molecule has 22 heavy (non-hydrogen) atoms. The lowest BCUT2D eigenvalue weighted by Gasteiger charge is -2.29. The molecule has 0 aromatic heterocycles. The first-order valence-electron chi connectivity index (χ1n) is 8.38. The molecule has 0 unspecified atom stereocenters. The Morgan fingerprint density at radius 1 is 1.05 bits per heavy atom. The molecule has 0 aliphatic carbocycles. The van der Waals surface area contributed by atoms with Gasteiger partial charge in [-0.15, -0.1) is 0 Å². The van der Waals surface area contributed by atoms with Crippen molar-refractivity contribution in [2.45, 2.75) is 26.2 Å². The quantitative estimate of drug-likeness (QED) is 0.542. The number of nitrogens with one attached hydrogen (secondary N) is 1. The first-order valence-corrected chi connectivity index (χ1v) is 8.38. The van der Waals surface area contributed by atoms with Gasteiger partial charge in [-0.1, -0.05) is 6.92 Å². The Kier molecular flexibility index (Phi) is 11.3. The molecule has 1 aliphatic rings. The molecule has 1 N–H and O–H groups in total. The van der Waals surface area contributed by atoms with Crippen LogP contribution in [0, 0.1) is 5.92 Å². The third kappa shape index (κ3) is 10.1. The van der Waals surface area contributed by atoms with Gasteiger partial charge >= 0.3 is 0 Å². The van der Waals surface area contributed by atoms with Crippen LogP contribution in [0.5, 0.6) is 0 Å². The maximum atomic E-state index is 10.9. The fourth-order valence-electron chi connectivity index (χ4n) is 2.30. The SMILES string of the molecule is CNC(=O)COCCOCCCOCCN1CCC(C)CC1. The highest BCUT2D eigenvalue weighted by Crippen LogP contribution is 2.15. The molecule has 1 rings (SSSR count). The highest BCUT2D eigenvalue weighted by Gasteiger charge is 2.14. The number of likely N-dealkylation sites (N-methyl/N-ethyl adjacent to an activating group) is 1. The highest BCUT2D eigenvalue weighted by molar-refractivity contribution is 5.76. The average molecular weight is 316 g/mol. The molecular weight excluding hydrogens is 284 g/mol. The van der Waals surface area contributed by atoms with Crippen molar-refractivity contribution in [2.24, 2.45) is 5.92 Å². The molecule has 0 aromatic rings. The molecule has 6 nitrogen and oxygen atoms in total. The molecular formula is C16H32N2O4. The molecule has 1 amide bonds. The molecule has 0 atom stereocenters. The lowest BCUT2D eigenvalue weighted by Crippen LogP contribution is -2.35. The maximum absolute atomic E-state index is 10.9. The fourth-order valence-corrected chi connectivity index (χ4v) is 2.30. The third-order valence-corrected chi connectivity index (χ3v) is 3.89. The zero-order chi connectivity index (χ0) is 16.0. The van der Waals surface area contributed by atoms with Crippen molar-refractivity contribution in [1.82, 2.24) is 10.2 Å². The normalized spacial score (nSPS) is 16.8. The number of hydrogen-bond acceptors (Lipinski definition) is 5. The van der Waals surface area contributed by atoms with Gasteiger partial charge in [0.2, 0.25) is 5.91 Å². The summed E-state index contributed by atoms with van der Waals surface area (Å²) in [5.74, 6) is 0.770. The Labute approximate surface area is 134 Å². The van der Waals surface area contributed by atoms with Crippen LogP contribution >= 0.6 is 0 Å². The van der Waals surface area contributed by atoms with Crippen molar-refractivity contribution in [1.29, 1.82) is 0 Å². The van der Waals surface area contributed by atoms with Crippen LogP contribution in [0.2, 0.25) is 0 Å². The van der Waals surface area contributed by atoms with Crippen LogP contribution in [0.1, 0.15) is 26.2 Å². The Hall–Kier alpha value is -0.690. The van der Waals surface area contributed by atoms with Crippen LogP contribution in [0.25, 0.3) is 0 Å². The Balaban J connectivity index is 1.76. The Morgan fingerprint density at radius 3 is 2.36 bits per heavy atom. The Bertz CT molecular complexity index is 281. The van der Waals surface area contributed by atoms with Gasteiger partial charge in [0, 0.05) is 26.8 Å². The van der Waals surface area contributed by atoms with Gasteiger partial charge < -0.3 is 24.4 Å². The van der Waals surface area contributed by atoms with Crippen LogP contribution in [-0.4, -0.2) is 77.1 Å². The van der Waals surface area contributed by atoms with Crippen molar-refractivity contribution in [3.63, 3.8) is 0 Å². The van der Waals surface area contributed by atoms with Crippen molar-refractivity contribution in [2.75, 3.05) is 66.3 Å². The predicted octanol–water partition coefficient (Wildman–Crippen LogP) is 0.904. The summed E-state index contributed by atoms with van der Waals surface area (Å²) in [5, 5.41) is 2.50. The van der Waals surface area contributed by atoms with E-state index in [0.717, 1.165) is 32.1 Å². The summed E-state index contributed by atoms with van der Waals surface area (Å²) in [6.45, 7) is 9.08. The number of nitrogens with zero attached hydrogens (tertiary/aromatic N) is 1. The first kappa shape index (κ1) is 19.4. The molecule has 1 aliphatic heterocycles. The van der Waals surface area contributed by atoms with E-state index in [1.54, 1.807) is 7.05 Å². The zero-order valence-electron chi connectivity index (χ0n) is 14.1. The standard InChI is InChI=1S/C16H32N2O4/c1-15-4-6-18(7-5-15)8-11-20-9-3-10-21-12-13-22-14-16(19)17-2/h15H,3-14H2,1-2H3,(H,17,19). The van der Waals surface area contributed by atoms with Crippen molar-refractivity contribution < 1.29 is 19.0 Å². The predicted molar refractivity (Wildman–Crippen MR) is 86.0 cm³/mol. The molecule has 130 valence electrons. The summed E-state index contributed by atoms with van der Waals surface area (Å²) >= 11 is 0. The second kappa shape index (κ2) is 12.8. The van der Waals surface area contributed by atoms with Crippen LogP contribution in [-0.2, 0) is 19.0 Å². The van der Waals surface area contributed by atoms with E-state index in [2.05, 4.69) is 17.1 Å². The van der Waals surface area contributed by atoms with Gasteiger partial charge in [0.05, 0.1) is 19.8 Å². The molecule has 0 radical (unpaired) electrons. The molecule has 0 aromatic carbocycles. The number of carbonyl (C=O) groups is 1. The second-order valence-electron chi connectivity index (χ2n) is 5.83. The lowest BCUT2D eigenvalue weighted by molar-refractivity contribution is -0.125. The molecule has 0 saturated carbocycles. The summed E-state index contributed by atoms with van der Waals surface area (Å²) in [5.41, 5.74) is 0. The van der Waals surface area contributed by atoms with Gasteiger partial charge in [-0.2, -0.15) is 0 Å². The van der Waals surface area contributed by atoms with E-state index >= 15 is 0 Å². The number of carbonyl (C=O) groups excluding carboxylic acids is 1. The van der Waals surface area contributed by atoms with E-state index < -0.39 is 0 Å². The zero-order valence-corrected chi connectivity index (χ0v) is 14.1. The van der Waals surface area contributed by atoms with Crippen molar-refractivity contribution in [3.8, 4) is 0 Å². The number of amides is 1. The minimum absolute atomic E-state index is 0.0955. The van der Waals surface area contributed by atoms with E-state index in [1.165, 1.54) is 25.9 Å². The minimum Gasteiger partial charge on any atom is -0.380 e. The largest absolute Gasteiger partial charge is 0.380 e. The number of ether oxygens (including phenoxy) is 3. The van der Waals surface area contributed by atoms with E-state index in [1.807, 2.05) is 0 Å². The molecule has 0 spiro atoms. The smallest absolute Gasteiger partial charge is 0.245 e. The van der Waals surface area contributed by atoms with E-state index in [0.29, 0.717) is 19.8 Å². The first-order chi connectivity index (χ1) is 10.7. The van der Waals surface area contributed by atoms with Crippen molar-refractivity contribution in [3.05, 3.63) is 0 Å². The summed E-state index contributed by atoms with van der Waals surface area (Å²) in [6, 6.07) is 0. The maximum Gasteiger partial charge on any atom is 0.245 e. The molecule has 1 fully saturated rings. The summed E-state index contributed by atoms with van der Waals surface area (Å²) in [4.78, 5) is 13.4. The van der Waals surface area contributed by atoms with Gasteiger partial charge in [-0.3, -0.25) is 4.79 Å². The number of likely N-dealkylation sites (tertiary alicyclic amines) is 1. The van der Waals surface area contributed by atoms with Crippen LogP contribution in [0.3, 0.4) is 0 Å². The lowest BCUT2D eigenvalue weighted by atomic mass is 9.99.